The molecular formula is C7H5F2N3O4. The highest BCUT2D eigenvalue weighted by molar-refractivity contribution is 5.99. The fraction of sp³-hybridized carbons (Fsp3) is 0.143. The Morgan fingerprint density at radius 2 is 2.19 bits per heavy atom. The van der Waals surface area contributed by atoms with Gasteiger partial charge in [0.1, 0.15) is 11.3 Å². The molecule has 1 rings (SSSR count). The fourth-order valence-electron chi connectivity index (χ4n) is 1.10. The maximum atomic E-state index is 12.4. The summed E-state index contributed by atoms with van der Waals surface area (Å²) in [4.78, 5) is 23.2. The van der Waals surface area contributed by atoms with Crippen LogP contribution in [0, 0.1) is 10.1 Å². The molecule has 9 heteroatoms. The Labute approximate surface area is 86.7 Å². The predicted molar refractivity (Wildman–Crippen MR) is 46.0 cm³/mol. The van der Waals surface area contributed by atoms with Gasteiger partial charge in [-0.3, -0.25) is 19.9 Å². The Morgan fingerprint density at radius 1 is 1.62 bits per heavy atom. The van der Waals surface area contributed by atoms with Crippen molar-refractivity contribution in [3.63, 3.8) is 0 Å². The molecule has 86 valence electrons. The second kappa shape index (κ2) is 4.04. The first-order chi connectivity index (χ1) is 7.36. The zero-order valence-electron chi connectivity index (χ0n) is 7.55. The summed E-state index contributed by atoms with van der Waals surface area (Å²) in [5.41, 5.74) is 1.35. The summed E-state index contributed by atoms with van der Waals surface area (Å²) in [7, 11) is 0. The van der Waals surface area contributed by atoms with E-state index in [2.05, 4.69) is 4.98 Å². The van der Waals surface area contributed by atoms with Crippen molar-refractivity contribution in [3.8, 4) is 5.75 Å². The van der Waals surface area contributed by atoms with E-state index >= 15 is 0 Å². The van der Waals surface area contributed by atoms with Crippen molar-refractivity contribution in [1.82, 2.24) is 4.98 Å². The summed E-state index contributed by atoms with van der Waals surface area (Å²) in [5.74, 6) is -2.45. The van der Waals surface area contributed by atoms with E-state index in [0.717, 1.165) is 0 Å². The second-order valence-corrected chi connectivity index (χ2v) is 2.67. The lowest BCUT2D eigenvalue weighted by atomic mass is 10.1. The number of rotatable bonds is 3. The molecule has 0 saturated heterocycles. The first-order valence-electron chi connectivity index (χ1n) is 3.80. The van der Waals surface area contributed by atoms with Gasteiger partial charge < -0.3 is 10.8 Å². The zero-order chi connectivity index (χ0) is 12.5. The number of primary amides is 1. The predicted octanol–water partition coefficient (Wildman–Crippen LogP) is 0.732. The number of nitrogens with two attached hydrogens (primary N) is 1. The SMILES string of the molecule is NC(=O)c1c(C(F)F)ncc(O)c1[N+](=O)[O-]. The van der Waals surface area contributed by atoms with Crippen molar-refractivity contribution in [2.24, 2.45) is 5.73 Å². The van der Waals surface area contributed by atoms with Gasteiger partial charge in [-0.05, 0) is 0 Å². The van der Waals surface area contributed by atoms with Gasteiger partial charge in [-0.15, -0.1) is 0 Å². The third kappa shape index (κ3) is 1.87. The molecule has 1 aromatic heterocycles. The van der Waals surface area contributed by atoms with Gasteiger partial charge in [0, 0.05) is 0 Å². The number of hydrogen-bond donors (Lipinski definition) is 2. The molecule has 1 heterocycles. The van der Waals surface area contributed by atoms with Crippen molar-refractivity contribution < 1.29 is 23.6 Å². The number of hydrogen-bond acceptors (Lipinski definition) is 5. The number of carbonyl (C=O) groups excluding carboxylic acids is 1. The standard InChI is InChI=1S/C7H5F2N3O4/c8-6(9)4-3(7(10)14)5(12(15)16)2(13)1-11-4/h1,6,13H,(H2,10,14). The summed E-state index contributed by atoms with van der Waals surface area (Å²) in [6, 6.07) is 0. The minimum absolute atomic E-state index is 0.464. The van der Waals surface area contributed by atoms with Gasteiger partial charge in [0.2, 0.25) is 5.75 Å². The molecule has 0 radical (unpaired) electrons. The molecule has 0 fully saturated rings. The third-order valence-corrected chi connectivity index (χ3v) is 1.70. The Bertz CT molecular complexity index is 463. The number of aromatic hydroxyl groups is 1. The molecule has 1 amide bonds. The van der Waals surface area contributed by atoms with Crippen molar-refractivity contribution in [2.45, 2.75) is 6.43 Å². The van der Waals surface area contributed by atoms with Gasteiger partial charge >= 0.3 is 5.69 Å². The van der Waals surface area contributed by atoms with E-state index in [1.807, 2.05) is 0 Å². The van der Waals surface area contributed by atoms with Crippen LogP contribution in [0.4, 0.5) is 14.5 Å². The van der Waals surface area contributed by atoms with E-state index in [1.54, 1.807) is 0 Å². The van der Waals surface area contributed by atoms with Gasteiger partial charge in [0.05, 0.1) is 11.1 Å². The quantitative estimate of drug-likeness (QED) is 0.589. The van der Waals surface area contributed by atoms with Crippen LogP contribution in [-0.4, -0.2) is 20.9 Å². The summed E-state index contributed by atoms with van der Waals surface area (Å²) >= 11 is 0. The van der Waals surface area contributed by atoms with Crippen LogP contribution in [-0.2, 0) is 0 Å². The van der Waals surface area contributed by atoms with Crippen LogP contribution in [0.15, 0.2) is 6.20 Å². The van der Waals surface area contributed by atoms with E-state index in [-0.39, 0.29) is 0 Å². The van der Waals surface area contributed by atoms with Crippen molar-refractivity contribution in [3.05, 3.63) is 27.6 Å². The lowest BCUT2D eigenvalue weighted by molar-refractivity contribution is -0.386. The highest BCUT2D eigenvalue weighted by Crippen LogP contribution is 2.34. The number of amides is 1. The molecule has 0 aliphatic heterocycles. The molecule has 0 atom stereocenters. The molecule has 3 N–H and O–H groups in total. The largest absolute Gasteiger partial charge is 0.501 e. The minimum Gasteiger partial charge on any atom is -0.501 e. The first kappa shape index (κ1) is 11.8. The summed E-state index contributed by atoms with van der Waals surface area (Å²) in [5, 5.41) is 19.5. The molecule has 0 bridgehead atoms. The Morgan fingerprint density at radius 3 is 2.56 bits per heavy atom. The van der Waals surface area contributed by atoms with E-state index < -0.39 is 40.0 Å². The highest BCUT2D eigenvalue weighted by Gasteiger charge is 2.31. The summed E-state index contributed by atoms with van der Waals surface area (Å²) in [6.07, 6.45) is -2.74. The van der Waals surface area contributed by atoms with Crippen LogP contribution >= 0.6 is 0 Å². The molecule has 0 aliphatic carbocycles. The number of alkyl halides is 2. The average molecular weight is 233 g/mol. The van der Waals surface area contributed by atoms with Crippen LogP contribution in [0.25, 0.3) is 0 Å². The average Bonchev–Trinajstić information content (AvgIpc) is 2.15. The van der Waals surface area contributed by atoms with Gasteiger partial charge in [-0.2, -0.15) is 0 Å². The van der Waals surface area contributed by atoms with Gasteiger partial charge in [0.25, 0.3) is 12.3 Å². The maximum Gasteiger partial charge on any atom is 0.327 e. The minimum atomic E-state index is -3.21. The normalized spacial score (nSPS) is 10.4. The van der Waals surface area contributed by atoms with Gasteiger partial charge in [-0.1, -0.05) is 0 Å². The van der Waals surface area contributed by atoms with E-state index in [1.165, 1.54) is 0 Å². The van der Waals surface area contributed by atoms with Crippen LogP contribution in [0.5, 0.6) is 5.75 Å². The van der Waals surface area contributed by atoms with Gasteiger partial charge in [0.15, 0.2) is 0 Å². The Balaban J connectivity index is 3.63. The molecule has 7 nitrogen and oxygen atoms in total. The lowest BCUT2D eigenvalue weighted by Gasteiger charge is -2.06. The molecule has 0 aliphatic rings. The number of pyridine rings is 1. The smallest absolute Gasteiger partial charge is 0.327 e. The second-order valence-electron chi connectivity index (χ2n) is 2.67. The fourth-order valence-corrected chi connectivity index (χ4v) is 1.10. The topological polar surface area (TPSA) is 119 Å². The monoisotopic (exact) mass is 233 g/mol. The zero-order valence-corrected chi connectivity index (χ0v) is 7.55. The molecule has 1 aromatic rings. The first-order valence-corrected chi connectivity index (χ1v) is 3.80. The third-order valence-electron chi connectivity index (χ3n) is 1.70. The molecule has 16 heavy (non-hydrogen) atoms. The molecular weight excluding hydrogens is 228 g/mol. The molecule has 0 saturated carbocycles. The van der Waals surface area contributed by atoms with Crippen LogP contribution in [0.3, 0.4) is 0 Å². The number of halogens is 2. The Kier molecular flexibility index (Phi) is 2.97. The van der Waals surface area contributed by atoms with E-state index in [0.29, 0.717) is 6.20 Å². The number of nitro groups is 1. The summed E-state index contributed by atoms with van der Waals surface area (Å²) < 4.78 is 24.8. The van der Waals surface area contributed by atoms with Crippen LogP contribution in [0.1, 0.15) is 22.5 Å². The van der Waals surface area contributed by atoms with Crippen molar-refractivity contribution in [1.29, 1.82) is 0 Å². The van der Waals surface area contributed by atoms with Crippen LogP contribution in [0.2, 0.25) is 0 Å². The van der Waals surface area contributed by atoms with Crippen LogP contribution < -0.4 is 5.73 Å². The lowest BCUT2D eigenvalue weighted by Crippen LogP contribution is -2.17. The number of aromatic nitrogens is 1. The van der Waals surface area contributed by atoms with E-state index in [9.17, 15) is 23.7 Å². The Hall–Kier alpha value is -2.32. The highest BCUT2D eigenvalue weighted by atomic mass is 19.3. The number of nitrogens with zero attached hydrogens (tertiary/aromatic N) is 2. The van der Waals surface area contributed by atoms with Crippen molar-refractivity contribution in [2.75, 3.05) is 0 Å². The molecule has 0 unspecified atom stereocenters. The van der Waals surface area contributed by atoms with Gasteiger partial charge in [-0.25, -0.2) is 8.78 Å². The maximum absolute atomic E-state index is 12.4. The molecule has 0 aromatic carbocycles. The molecule has 0 spiro atoms. The summed E-state index contributed by atoms with van der Waals surface area (Å²) in [6.45, 7) is 0. The number of carbonyl (C=O) groups is 1. The van der Waals surface area contributed by atoms with Crippen molar-refractivity contribution >= 4 is 11.6 Å². The van der Waals surface area contributed by atoms with E-state index in [4.69, 9.17) is 10.8 Å².